The molecule has 0 aromatic carbocycles. The largest absolute Gasteiger partial charge is 0.511 e. The van der Waals surface area contributed by atoms with E-state index in [9.17, 15) is 13.6 Å². The summed E-state index contributed by atoms with van der Waals surface area (Å²) in [6, 6.07) is 0. The van der Waals surface area contributed by atoms with E-state index in [0.29, 0.717) is 12.5 Å². The molecule has 4 nitrogen and oxygen atoms in total. The first-order valence-electron chi connectivity index (χ1n) is 4.52. The zero-order valence-corrected chi connectivity index (χ0v) is 8.24. The Bertz CT molecular complexity index is 254. The number of cyclic esters (lactones) is 2. The van der Waals surface area contributed by atoms with Gasteiger partial charge in [0.25, 0.3) is 12.2 Å². The monoisotopic (exact) mass is 222 g/mol. The Morgan fingerprint density at radius 3 is 2.87 bits per heavy atom. The van der Waals surface area contributed by atoms with Crippen LogP contribution in [-0.4, -0.2) is 31.6 Å². The van der Waals surface area contributed by atoms with Crippen molar-refractivity contribution in [1.29, 1.82) is 0 Å². The highest BCUT2D eigenvalue weighted by molar-refractivity contribution is 5.62. The van der Waals surface area contributed by atoms with Crippen LogP contribution in [0.2, 0.25) is 0 Å². The molecule has 0 bridgehead atoms. The molecule has 6 heteroatoms. The van der Waals surface area contributed by atoms with Crippen LogP contribution in [0.5, 0.6) is 0 Å². The summed E-state index contributed by atoms with van der Waals surface area (Å²) in [4.78, 5) is 10.7. The third-order valence-electron chi connectivity index (χ3n) is 1.94. The molecular formula is C9H12F2O4. The van der Waals surface area contributed by atoms with E-state index >= 15 is 0 Å². The maximum absolute atomic E-state index is 11.7. The van der Waals surface area contributed by atoms with E-state index in [0.717, 1.165) is 0 Å². The lowest BCUT2D eigenvalue weighted by Crippen LogP contribution is -2.34. The zero-order chi connectivity index (χ0) is 11.3. The molecule has 1 fully saturated rings. The SMILES string of the molecule is CCC1(OC/C=C\C(F)F)COC(=O)O1. The van der Waals surface area contributed by atoms with Crippen LogP contribution in [0.15, 0.2) is 12.2 Å². The summed E-state index contributed by atoms with van der Waals surface area (Å²) in [5.41, 5.74) is 0. The van der Waals surface area contributed by atoms with E-state index in [1.165, 1.54) is 6.08 Å². The van der Waals surface area contributed by atoms with Crippen LogP contribution >= 0.6 is 0 Å². The number of rotatable bonds is 5. The Balaban J connectivity index is 2.38. The van der Waals surface area contributed by atoms with Gasteiger partial charge in [0.2, 0.25) is 0 Å². The number of carbonyl (C=O) groups excluding carboxylic acids is 1. The molecule has 86 valence electrons. The molecule has 0 aliphatic carbocycles. The van der Waals surface area contributed by atoms with E-state index in [4.69, 9.17) is 9.47 Å². The number of alkyl halides is 2. The molecular weight excluding hydrogens is 210 g/mol. The first kappa shape index (κ1) is 11.9. The van der Waals surface area contributed by atoms with Gasteiger partial charge in [0.15, 0.2) is 6.61 Å². The van der Waals surface area contributed by atoms with Gasteiger partial charge >= 0.3 is 6.16 Å². The predicted octanol–water partition coefficient (Wildman–Crippen LogP) is 2.10. The molecule has 1 atom stereocenters. The highest BCUT2D eigenvalue weighted by Gasteiger charge is 2.41. The lowest BCUT2D eigenvalue weighted by atomic mass is 10.2. The van der Waals surface area contributed by atoms with Crippen molar-refractivity contribution in [2.45, 2.75) is 25.6 Å². The molecule has 1 rings (SSSR count). The van der Waals surface area contributed by atoms with Gasteiger partial charge in [0.05, 0.1) is 6.61 Å². The highest BCUT2D eigenvalue weighted by atomic mass is 19.3. The summed E-state index contributed by atoms with van der Waals surface area (Å²) >= 11 is 0. The molecule has 1 aliphatic heterocycles. The Morgan fingerprint density at radius 2 is 2.40 bits per heavy atom. The van der Waals surface area contributed by atoms with E-state index in [1.54, 1.807) is 6.92 Å². The topological polar surface area (TPSA) is 44.8 Å². The van der Waals surface area contributed by atoms with Crippen LogP contribution in [0.25, 0.3) is 0 Å². The second-order valence-corrected chi connectivity index (χ2v) is 2.98. The summed E-state index contributed by atoms with van der Waals surface area (Å²) < 4.78 is 38.0. The Morgan fingerprint density at radius 1 is 1.67 bits per heavy atom. The molecule has 0 aromatic heterocycles. The van der Waals surface area contributed by atoms with Gasteiger partial charge in [-0.2, -0.15) is 0 Å². The number of ether oxygens (including phenoxy) is 3. The molecule has 1 saturated heterocycles. The van der Waals surface area contributed by atoms with Gasteiger partial charge in [-0.15, -0.1) is 0 Å². The number of halogens is 2. The van der Waals surface area contributed by atoms with Gasteiger partial charge in [-0.3, -0.25) is 0 Å². The zero-order valence-electron chi connectivity index (χ0n) is 8.24. The van der Waals surface area contributed by atoms with Crippen molar-refractivity contribution in [3.8, 4) is 0 Å². The van der Waals surface area contributed by atoms with Crippen LogP contribution in [0.4, 0.5) is 13.6 Å². The van der Waals surface area contributed by atoms with E-state index in [1.807, 2.05) is 0 Å². The standard InChI is InChI=1S/C9H12F2O4/c1-2-9(6-13-8(12)15-9)14-5-3-4-7(10)11/h3-4,7H,2,5-6H2,1H3/b4-3-. The summed E-state index contributed by atoms with van der Waals surface area (Å²) in [5.74, 6) is -1.12. The van der Waals surface area contributed by atoms with Gasteiger partial charge in [-0.1, -0.05) is 13.0 Å². The van der Waals surface area contributed by atoms with Crippen LogP contribution in [0.1, 0.15) is 13.3 Å². The number of allylic oxidation sites excluding steroid dienone is 1. The lowest BCUT2D eigenvalue weighted by molar-refractivity contribution is -0.173. The maximum atomic E-state index is 11.7. The third-order valence-corrected chi connectivity index (χ3v) is 1.94. The summed E-state index contributed by atoms with van der Waals surface area (Å²) in [6.45, 7) is 1.69. The Kier molecular flexibility index (Phi) is 4.02. The highest BCUT2D eigenvalue weighted by Crippen LogP contribution is 2.25. The first-order valence-corrected chi connectivity index (χ1v) is 4.52. The first-order chi connectivity index (χ1) is 7.08. The van der Waals surface area contributed by atoms with Gasteiger partial charge < -0.3 is 14.2 Å². The molecule has 0 aromatic rings. The van der Waals surface area contributed by atoms with Crippen molar-refractivity contribution in [1.82, 2.24) is 0 Å². The number of carbonyl (C=O) groups is 1. The Hall–Kier alpha value is -1.17. The van der Waals surface area contributed by atoms with Gasteiger partial charge in [-0.05, 0) is 6.08 Å². The molecule has 1 heterocycles. The molecule has 0 N–H and O–H groups in total. The second kappa shape index (κ2) is 5.06. The van der Waals surface area contributed by atoms with E-state index < -0.39 is 18.4 Å². The molecule has 0 radical (unpaired) electrons. The minimum absolute atomic E-state index is 0.00908. The minimum atomic E-state index is -2.51. The molecule has 0 spiro atoms. The van der Waals surface area contributed by atoms with Gasteiger partial charge in [0, 0.05) is 6.42 Å². The van der Waals surface area contributed by atoms with Crippen molar-refractivity contribution in [2.75, 3.05) is 13.2 Å². The average molecular weight is 222 g/mol. The minimum Gasteiger partial charge on any atom is -0.427 e. The van der Waals surface area contributed by atoms with Crippen molar-refractivity contribution >= 4 is 6.16 Å². The fourth-order valence-electron chi connectivity index (χ4n) is 1.09. The summed E-state index contributed by atoms with van der Waals surface area (Å²) in [7, 11) is 0. The predicted molar refractivity (Wildman–Crippen MR) is 46.6 cm³/mol. The summed E-state index contributed by atoms with van der Waals surface area (Å²) in [6.07, 6.45) is -1.01. The quantitative estimate of drug-likeness (QED) is 0.527. The summed E-state index contributed by atoms with van der Waals surface area (Å²) in [5, 5.41) is 0. The van der Waals surface area contributed by atoms with Gasteiger partial charge in [0.1, 0.15) is 0 Å². The van der Waals surface area contributed by atoms with Crippen molar-refractivity contribution in [3.05, 3.63) is 12.2 Å². The molecule has 1 unspecified atom stereocenters. The van der Waals surface area contributed by atoms with Crippen LogP contribution in [0.3, 0.4) is 0 Å². The van der Waals surface area contributed by atoms with Crippen molar-refractivity contribution in [2.24, 2.45) is 0 Å². The molecule has 1 aliphatic rings. The van der Waals surface area contributed by atoms with Crippen molar-refractivity contribution < 1.29 is 27.8 Å². The molecule has 15 heavy (non-hydrogen) atoms. The molecule has 0 saturated carbocycles. The van der Waals surface area contributed by atoms with Crippen LogP contribution in [0, 0.1) is 0 Å². The Labute approximate surface area is 85.8 Å². The number of hydrogen-bond donors (Lipinski definition) is 0. The fraction of sp³-hybridized carbons (Fsp3) is 0.667. The van der Waals surface area contributed by atoms with Crippen LogP contribution in [-0.2, 0) is 14.2 Å². The second-order valence-electron chi connectivity index (χ2n) is 2.98. The van der Waals surface area contributed by atoms with Crippen LogP contribution < -0.4 is 0 Å². The van der Waals surface area contributed by atoms with Crippen molar-refractivity contribution in [3.63, 3.8) is 0 Å². The number of hydrogen-bond acceptors (Lipinski definition) is 4. The lowest BCUT2D eigenvalue weighted by Gasteiger charge is -2.22. The normalized spacial score (nSPS) is 26.0. The van der Waals surface area contributed by atoms with E-state index in [2.05, 4.69) is 4.74 Å². The third kappa shape index (κ3) is 3.47. The maximum Gasteiger partial charge on any atom is 0.511 e. The smallest absolute Gasteiger partial charge is 0.427 e. The van der Waals surface area contributed by atoms with Gasteiger partial charge in [-0.25, -0.2) is 13.6 Å². The van der Waals surface area contributed by atoms with E-state index in [-0.39, 0.29) is 13.2 Å². The molecule has 0 amide bonds. The average Bonchev–Trinajstić information content (AvgIpc) is 2.56. The fourth-order valence-corrected chi connectivity index (χ4v) is 1.09.